The number of hydrogen-bond donors (Lipinski definition) is 1. The topological polar surface area (TPSA) is 49.4 Å². The highest BCUT2D eigenvalue weighted by molar-refractivity contribution is 5.94. The molecule has 1 heterocycles. The van der Waals surface area contributed by atoms with E-state index in [1.807, 2.05) is 18.7 Å². The molecule has 1 aliphatic rings. The highest BCUT2D eigenvalue weighted by Gasteiger charge is 2.24. The van der Waals surface area contributed by atoms with Crippen LogP contribution in [-0.2, 0) is 4.79 Å². The molecule has 1 aromatic rings. The summed E-state index contributed by atoms with van der Waals surface area (Å²) in [5.41, 5.74) is 0.0702. The fourth-order valence-corrected chi connectivity index (χ4v) is 2.66. The summed E-state index contributed by atoms with van der Waals surface area (Å²) in [5.74, 6) is -0.366. The Morgan fingerprint density at radius 2 is 1.91 bits per heavy atom. The van der Waals surface area contributed by atoms with E-state index >= 15 is 0 Å². The zero-order valence-electron chi connectivity index (χ0n) is 13.1. The summed E-state index contributed by atoms with van der Waals surface area (Å²) in [5, 5.41) is 2.86. The predicted molar refractivity (Wildman–Crippen MR) is 82.9 cm³/mol. The van der Waals surface area contributed by atoms with Crippen molar-refractivity contribution in [2.75, 3.05) is 13.1 Å². The van der Waals surface area contributed by atoms with Crippen LogP contribution in [0.5, 0.6) is 0 Å². The molecule has 0 aliphatic carbocycles. The molecule has 0 aromatic heterocycles. The summed E-state index contributed by atoms with van der Waals surface area (Å²) in [6, 6.07) is 5.96. The van der Waals surface area contributed by atoms with E-state index in [0.29, 0.717) is 38.3 Å². The molecule has 4 nitrogen and oxygen atoms in total. The molecule has 0 unspecified atom stereocenters. The van der Waals surface area contributed by atoms with Gasteiger partial charge in [-0.25, -0.2) is 4.39 Å². The van der Waals surface area contributed by atoms with E-state index in [-0.39, 0.29) is 23.4 Å². The second-order valence-electron chi connectivity index (χ2n) is 6.21. The number of carbonyl (C=O) groups is 2. The molecule has 0 spiro atoms. The summed E-state index contributed by atoms with van der Waals surface area (Å²) in [6.45, 7) is 5.35. The van der Waals surface area contributed by atoms with Gasteiger partial charge >= 0.3 is 0 Å². The van der Waals surface area contributed by atoms with Crippen LogP contribution < -0.4 is 5.32 Å². The van der Waals surface area contributed by atoms with Gasteiger partial charge in [0.1, 0.15) is 5.82 Å². The Morgan fingerprint density at radius 1 is 1.27 bits per heavy atom. The van der Waals surface area contributed by atoms with E-state index in [0.717, 1.165) is 0 Å². The quantitative estimate of drug-likeness (QED) is 0.929. The van der Waals surface area contributed by atoms with Crippen LogP contribution in [0.4, 0.5) is 4.39 Å². The lowest BCUT2D eigenvalue weighted by Crippen LogP contribution is -2.46. The summed E-state index contributed by atoms with van der Waals surface area (Å²) < 4.78 is 13.6. The summed E-state index contributed by atoms with van der Waals surface area (Å²) >= 11 is 0. The van der Waals surface area contributed by atoms with E-state index in [1.165, 1.54) is 12.1 Å². The largest absolute Gasteiger partial charge is 0.349 e. The van der Waals surface area contributed by atoms with Crippen molar-refractivity contribution >= 4 is 11.8 Å². The van der Waals surface area contributed by atoms with Crippen LogP contribution in [0.15, 0.2) is 24.3 Å². The summed E-state index contributed by atoms with van der Waals surface area (Å²) in [4.78, 5) is 25.9. The van der Waals surface area contributed by atoms with Crippen LogP contribution in [-0.4, -0.2) is 35.8 Å². The van der Waals surface area contributed by atoms with E-state index in [1.54, 1.807) is 12.1 Å². The molecule has 1 aromatic carbocycles. The number of rotatable bonds is 4. The van der Waals surface area contributed by atoms with Crippen molar-refractivity contribution in [2.45, 2.75) is 39.2 Å². The third-order valence-electron chi connectivity index (χ3n) is 3.88. The molecule has 1 fully saturated rings. The number of nitrogens with zero attached hydrogens (tertiary/aromatic N) is 1. The number of hydrogen-bond acceptors (Lipinski definition) is 2. The lowest BCUT2D eigenvalue weighted by molar-refractivity contribution is -0.133. The third-order valence-corrected chi connectivity index (χ3v) is 3.88. The minimum atomic E-state index is -0.510. The van der Waals surface area contributed by atoms with Gasteiger partial charge in [0.25, 0.3) is 5.91 Å². The molecule has 120 valence electrons. The molecule has 0 saturated carbocycles. The number of carbonyl (C=O) groups excluding carboxylic acids is 2. The Morgan fingerprint density at radius 3 is 2.50 bits per heavy atom. The van der Waals surface area contributed by atoms with E-state index in [9.17, 15) is 14.0 Å². The van der Waals surface area contributed by atoms with Crippen LogP contribution in [0.3, 0.4) is 0 Å². The van der Waals surface area contributed by atoms with Gasteiger partial charge in [-0.1, -0.05) is 26.0 Å². The van der Waals surface area contributed by atoms with Gasteiger partial charge in [-0.05, 0) is 30.9 Å². The Bertz CT molecular complexity index is 537. The van der Waals surface area contributed by atoms with Crippen LogP contribution in [0.2, 0.25) is 0 Å². The van der Waals surface area contributed by atoms with Gasteiger partial charge in [-0.15, -0.1) is 0 Å². The lowest BCUT2D eigenvalue weighted by Gasteiger charge is -2.32. The maximum Gasteiger partial charge on any atom is 0.254 e. The molecule has 1 N–H and O–H groups in total. The fourth-order valence-electron chi connectivity index (χ4n) is 2.66. The summed E-state index contributed by atoms with van der Waals surface area (Å²) in [6.07, 6.45) is 1.99. The third kappa shape index (κ3) is 4.29. The maximum atomic E-state index is 13.6. The molecule has 0 bridgehead atoms. The molecule has 1 aliphatic heterocycles. The zero-order chi connectivity index (χ0) is 16.1. The van der Waals surface area contributed by atoms with Crippen molar-refractivity contribution in [2.24, 2.45) is 5.92 Å². The molecule has 2 rings (SSSR count). The number of likely N-dealkylation sites (tertiary alicyclic amines) is 1. The average Bonchev–Trinajstić information content (AvgIpc) is 2.47. The highest BCUT2D eigenvalue weighted by Crippen LogP contribution is 2.15. The lowest BCUT2D eigenvalue weighted by atomic mass is 10.0. The molecule has 1 saturated heterocycles. The van der Waals surface area contributed by atoms with Gasteiger partial charge < -0.3 is 10.2 Å². The van der Waals surface area contributed by atoms with Gasteiger partial charge in [0, 0.05) is 25.6 Å². The number of benzene rings is 1. The first kappa shape index (κ1) is 16.5. The van der Waals surface area contributed by atoms with Crippen LogP contribution >= 0.6 is 0 Å². The fraction of sp³-hybridized carbons (Fsp3) is 0.529. The Hall–Kier alpha value is -1.91. The minimum Gasteiger partial charge on any atom is -0.349 e. The smallest absolute Gasteiger partial charge is 0.254 e. The second kappa shape index (κ2) is 7.38. The van der Waals surface area contributed by atoms with Crippen molar-refractivity contribution in [3.63, 3.8) is 0 Å². The van der Waals surface area contributed by atoms with Gasteiger partial charge in [0.15, 0.2) is 0 Å². The maximum absolute atomic E-state index is 13.6. The molecule has 0 radical (unpaired) electrons. The highest BCUT2D eigenvalue weighted by atomic mass is 19.1. The minimum absolute atomic E-state index is 0.00444. The number of amides is 2. The Balaban J connectivity index is 1.84. The standard InChI is InChI=1S/C17H23FN2O2/c1-12(2)11-16(21)20-9-7-13(8-10-20)19-17(22)14-5-3-4-6-15(14)18/h3-6,12-13H,7-11H2,1-2H3,(H,19,22). The molecule has 22 heavy (non-hydrogen) atoms. The summed E-state index contributed by atoms with van der Waals surface area (Å²) in [7, 11) is 0. The average molecular weight is 306 g/mol. The van der Waals surface area contributed by atoms with Crippen LogP contribution in [0, 0.1) is 11.7 Å². The molecule has 0 atom stereocenters. The molecule has 5 heteroatoms. The van der Waals surface area contributed by atoms with Gasteiger partial charge in [0.05, 0.1) is 5.56 Å². The first-order valence-electron chi connectivity index (χ1n) is 7.80. The van der Waals surface area contributed by atoms with Crippen LogP contribution in [0.25, 0.3) is 0 Å². The van der Waals surface area contributed by atoms with Crippen molar-refractivity contribution in [1.29, 1.82) is 0 Å². The van der Waals surface area contributed by atoms with Gasteiger partial charge in [-0.2, -0.15) is 0 Å². The van der Waals surface area contributed by atoms with Gasteiger partial charge in [-0.3, -0.25) is 9.59 Å². The SMILES string of the molecule is CC(C)CC(=O)N1CCC(NC(=O)c2ccccc2F)CC1. The van der Waals surface area contributed by atoms with E-state index in [2.05, 4.69) is 5.32 Å². The zero-order valence-corrected chi connectivity index (χ0v) is 13.1. The number of nitrogens with one attached hydrogen (secondary N) is 1. The molecular formula is C17H23FN2O2. The number of halogens is 1. The molecular weight excluding hydrogens is 283 g/mol. The van der Waals surface area contributed by atoms with Crippen molar-refractivity contribution in [3.05, 3.63) is 35.6 Å². The van der Waals surface area contributed by atoms with Crippen molar-refractivity contribution in [1.82, 2.24) is 10.2 Å². The van der Waals surface area contributed by atoms with Gasteiger partial charge in [0.2, 0.25) is 5.91 Å². The normalized spacial score (nSPS) is 15.9. The predicted octanol–water partition coefficient (Wildman–Crippen LogP) is 2.59. The van der Waals surface area contributed by atoms with Crippen LogP contribution in [0.1, 0.15) is 43.5 Å². The van der Waals surface area contributed by atoms with Crippen molar-refractivity contribution in [3.8, 4) is 0 Å². The Labute approximate surface area is 130 Å². The van der Waals surface area contributed by atoms with E-state index < -0.39 is 5.82 Å². The van der Waals surface area contributed by atoms with E-state index in [4.69, 9.17) is 0 Å². The molecule has 2 amide bonds. The first-order chi connectivity index (χ1) is 10.5. The van der Waals surface area contributed by atoms with Crippen molar-refractivity contribution < 1.29 is 14.0 Å². The monoisotopic (exact) mass is 306 g/mol. The number of piperidine rings is 1. The second-order valence-corrected chi connectivity index (χ2v) is 6.21. The first-order valence-corrected chi connectivity index (χ1v) is 7.80. The Kier molecular flexibility index (Phi) is 5.52.